The lowest BCUT2D eigenvalue weighted by molar-refractivity contribution is 0.477. The lowest BCUT2D eigenvalue weighted by atomic mass is 10.1. The largest absolute Gasteiger partial charge is 0.506 e. The van der Waals surface area contributed by atoms with Crippen LogP contribution in [0.5, 0.6) is 5.75 Å². The molecule has 40 heavy (non-hydrogen) atoms. The Hall–Kier alpha value is -5.19. The maximum atomic E-state index is 11.5. The number of nitrogens with zero attached hydrogens (tertiary/aromatic N) is 4. The molecular weight excluding hydrogens is 526 g/mol. The van der Waals surface area contributed by atoms with E-state index in [0.717, 1.165) is 21.5 Å². The fourth-order valence-corrected chi connectivity index (χ4v) is 5.07. The molecule has 0 saturated heterocycles. The molecule has 196 valence electrons. The van der Waals surface area contributed by atoms with Gasteiger partial charge in [-0.1, -0.05) is 48.5 Å². The van der Waals surface area contributed by atoms with Crippen LogP contribution in [0, 0.1) is 0 Å². The second-order valence-electron chi connectivity index (χ2n) is 9.09. The summed E-state index contributed by atoms with van der Waals surface area (Å²) in [6.07, 6.45) is 0. The van der Waals surface area contributed by atoms with Crippen LogP contribution in [-0.2, 0) is 10.1 Å². The van der Waals surface area contributed by atoms with Gasteiger partial charge >= 0.3 is 0 Å². The second kappa shape index (κ2) is 9.84. The Kier molecular flexibility index (Phi) is 6.18. The number of nitrogens with two attached hydrogens (primary N) is 1. The van der Waals surface area contributed by atoms with Gasteiger partial charge in [0, 0.05) is 27.2 Å². The zero-order chi connectivity index (χ0) is 27.9. The molecule has 0 bridgehead atoms. The Morgan fingerprint density at radius 2 is 1.27 bits per heavy atom. The lowest BCUT2D eigenvalue weighted by Crippen LogP contribution is -1.97. The smallest absolute Gasteiger partial charge is 0.294 e. The summed E-state index contributed by atoms with van der Waals surface area (Å²) in [4.78, 5) is -0.190. The predicted molar refractivity (Wildman–Crippen MR) is 156 cm³/mol. The summed E-state index contributed by atoms with van der Waals surface area (Å²) in [6.45, 7) is 0. The van der Waals surface area contributed by atoms with Crippen LogP contribution in [0.3, 0.4) is 0 Å². The van der Waals surface area contributed by atoms with E-state index >= 15 is 0 Å². The molecule has 0 aliphatic heterocycles. The summed E-state index contributed by atoms with van der Waals surface area (Å²) in [5.41, 5.74) is 8.69. The molecule has 0 aromatic heterocycles. The topological polar surface area (TPSA) is 150 Å². The number of anilines is 1. The van der Waals surface area contributed by atoms with Crippen molar-refractivity contribution in [3.05, 3.63) is 103 Å². The number of hydrogen-bond acceptors (Lipinski definition) is 8. The molecule has 9 nitrogen and oxygen atoms in total. The highest BCUT2D eigenvalue weighted by atomic mass is 32.2. The average molecular weight is 548 g/mol. The first-order valence-electron chi connectivity index (χ1n) is 12.1. The normalized spacial score (nSPS) is 12.3. The fourth-order valence-electron chi connectivity index (χ4n) is 4.55. The van der Waals surface area contributed by atoms with Crippen LogP contribution in [0.4, 0.5) is 28.4 Å². The van der Waals surface area contributed by atoms with Gasteiger partial charge in [0.15, 0.2) is 0 Å². The van der Waals surface area contributed by atoms with Crippen LogP contribution >= 0.6 is 0 Å². The van der Waals surface area contributed by atoms with Gasteiger partial charge in [0.1, 0.15) is 11.4 Å². The van der Waals surface area contributed by atoms with Crippen molar-refractivity contribution in [2.45, 2.75) is 4.90 Å². The quantitative estimate of drug-likeness (QED) is 0.112. The van der Waals surface area contributed by atoms with Crippen LogP contribution in [0.1, 0.15) is 0 Å². The molecule has 0 aliphatic rings. The first kappa shape index (κ1) is 25.1. The third-order valence-electron chi connectivity index (χ3n) is 6.55. The predicted octanol–water partition coefficient (Wildman–Crippen LogP) is 8.51. The Morgan fingerprint density at radius 1 is 0.600 bits per heavy atom. The van der Waals surface area contributed by atoms with E-state index in [0.29, 0.717) is 39.2 Å². The van der Waals surface area contributed by atoms with E-state index in [2.05, 4.69) is 20.5 Å². The van der Waals surface area contributed by atoms with Crippen molar-refractivity contribution < 1.29 is 18.1 Å². The van der Waals surface area contributed by atoms with Crippen LogP contribution in [0.25, 0.3) is 32.3 Å². The van der Waals surface area contributed by atoms with Crippen molar-refractivity contribution in [1.82, 2.24) is 0 Å². The Morgan fingerprint density at radius 3 is 2.00 bits per heavy atom. The molecule has 4 N–H and O–H groups in total. The Labute approximate surface area is 228 Å². The summed E-state index contributed by atoms with van der Waals surface area (Å²) in [5.74, 6) is -0.00401. The first-order valence-corrected chi connectivity index (χ1v) is 13.6. The zero-order valence-corrected chi connectivity index (χ0v) is 21.6. The van der Waals surface area contributed by atoms with Crippen molar-refractivity contribution in [1.29, 1.82) is 0 Å². The van der Waals surface area contributed by atoms with Crippen LogP contribution in [0.15, 0.2) is 128 Å². The summed E-state index contributed by atoms with van der Waals surface area (Å²) in [7, 11) is -4.32. The molecule has 0 heterocycles. The van der Waals surface area contributed by atoms with Crippen LogP contribution in [0.2, 0.25) is 0 Å². The molecule has 6 aromatic rings. The lowest BCUT2D eigenvalue weighted by Gasteiger charge is -2.07. The molecule has 10 heteroatoms. The SMILES string of the molecule is Nc1cccc2c(/N=N/c3ccc(/N=N/c4ccc5ccc(S(=O)(=O)O)cc5c4)c4ccccc34)c(O)ccc12. The molecule has 0 radical (unpaired) electrons. The van der Waals surface area contributed by atoms with Gasteiger partial charge in [-0.15, -0.1) is 15.3 Å². The number of fused-ring (bicyclic) bond motifs is 3. The number of rotatable bonds is 5. The Bertz CT molecular complexity index is 2130. The van der Waals surface area contributed by atoms with Crippen molar-refractivity contribution in [2.24, 2.45) is 20.5 Å². The molecule has 0 fully saturated rings. The summed E-state index contributed by atoms with van der Waals surface area (Å²) < 4.78 is 32.4. The minimum atomic E-state index is -4.32. The van der Waals surface area contributed by atoms with E-state index in [-0.39, 0.29) is 10.6 Å². The summed E-state index contributed by atoms with van der Waals surface area (Å²) in [5, 5.41) is 32.5. The first-order chi connectivity index (χ1) is 19.3. The molecular formula is C30H21N5O4S. The van der Waals surface area contributed by atoms with Crippen LogP contribution < -0.4 is 5.73 Å². The van der Waals surface area contributed by atoms with Gasteiger partial charge in [-0.3, -0.25) is 4.55 Å². The number of phenols is 1. The molecule has 0 aliphatic carbocycles. The molecule has 0 unspecified atom stereocenters. The number of azo groups is 2. The summed E-state index contributed by atoms with van der Waals surface area (Å²) >= 11 is 0. The molecule has 0 spiro atoms. The minimum Gasteiger partial charge on any atom is -0.506 e. The van der Waals surface area contributed by atoms with Crippen molar-refractivity contribution in [3.63, 3.8) is 0 Å². The second-order valence-corrected chi connectivity index (χ2v) is 10.5. The van der Waals surface area contributed by atoms with Crippen molar-refractivity contribution in [2.75, 3.05) is 5.73 Å². The molecule has 0 atom stereocenters. The van der Waals surface area contributed by atoms with E-state index in [1.165, 1.54) is 12.1 Å². The third kappa shape index (κ3) is 4.73. The van der Waals surface area contributed by atoms with Crippen LogP contribution in [-0.4, -0.2) is 18.1 Å². The highest BCUT2D eigenvalue weighted by molar-refractivity contribution is 7.85. The third-order valence-corrected chi connectivity index (χ3v) is 7.40. The van der Waals surface area contributed by atoms with Gasteiger partial charge in [-0.05, 0) is 65.4 Å². The van der Waals surface area contributed by atoms with Crippen molar-refractivity contribution in [3.8, 4) is 5.75 Å². The monoisotopic (exact) mass is 547 g/mol. The maximum absolute atomic E-state index is 11.5. The van der Waals surface area contributed by atoms with E-state index in [1.807, 2.05) is 30.3 Å². The number of aromatic hydroxyl groups is 1. The molecule has 0 saturated carbocycles. The van der Waals surface area contributed by atoms with E-state index < -0.39 is 10.1 Å². The number of phenolic OH excluding ortho intramolecular Hbond substituents is 1. The standard InChI is InChI=1S/C30H21N5O4S/c31-26-7-3-6-25-22(26)12-15-29(36)30(25)35-34-28-14-13-27(23-4-1-2-5-24(23)28)33-32-20-10-8-18-9-11-21(40(37,38)39)17-19(18)16-20/h1-17,36H,31H2,(H,37,38,39)/b33-32+,35-34+. The minimum absolute atomic E-state index is 0.00401. The van der Waals surface area contributed by atoms with Gasteiger partial charge < -0.3 is 10.8 Å². The zero-order valence-electron chi connectivity index (χ0n) is 20.8. The molecule has 0 amide bonds. The highest BCUT2D eigenvalue weighted by Gasteiger charge is 2.11. The van der Waals surface area contributed by atoms with Gasteiger partial charge in [0.05, 0.1) is 22.0 Å². The van der Waals surface area contributed by atoms with E-state index in [4.69, 9.17) is 5.73 Å². The number of nitrogen functional groups attached to an aromatic ring is 1. The van der Waals surface area contributed by atoms with Gasteiger partial charge in [0.25, 0.3) is 10.1 Å². The van der Waals surface area contributed by atoms with Crippen molar-refractivity contribution >= 4 is 70.9 Å². The average Bonchev–Trinajstić information content (AvgIpc) is 2.95. The van der Waals surface area contributed by atoms with Gasteiger partial charge in [-0.25, -0.2) is 0 Å². The van der Waals surface area contributed by atoms with Gasteiger partial charge in [0.2, 0.25) is 0 Å². The maximum Gasteiger partial charge on any atom is 0.294 e. The Balaban J connectivity index is 1.37. The van der Waals surface area contributed by atoms with E-state index in [1.54, 1.807) is 60.7 Å². The van der Waals surface area contributed by atoms with E-state index in [9.17, 15) is 18.1 Å². The number of benzene rings is 6. The van der Waals surface area contributed by atoms with Gasteiger partial charge in [-0.2, -0.15) is 13.5 Å². The highest BCUT2D eigenvalue weighted by Crippen LogP contribution is 2.40. The summed E-state index contributed by atoms with van der Waals surface area (Å²) in [6, 6.07) is 29.5. The fraction of sp³-hybridized carbons (Fsp3) is 0. The molecule has 6 rings (SSSR count). The molecule has 6 aromatic carbocycles. The number of hydrogen-bond donors (Lipinski definition) is 3.